The first-order valence-electron chi connectivity index (χ1n) is 9.31. The van der Waals surface area contributed by atoms with Crippen LogP contribution in [-0.2, 0) is 11.2 Å². The highest BCUT2D eigenvalue weighted by Gasteiger charge is 2.31. The van der Waals surface area contributed by atoms with Crippen molar-refractivity contribution in [3.8, 4) is 10.7 Å². The third-order valence-electron chi connectivity index (χ3n) is 5.05. The summed E-state index contributed by atoms with van der Waals surface area (Å²) in [5.74, 6) is 1.48. The average molecular weight is 397 g/mol. The van der Waals surface area contributed by atoms with Gasteiger partial charge in [-0.2, -0.15) is 0 Å². The summed E-state index contributed by atoms with van der Waals surface area (Å²) in [4.78, 5) is 16.0. The number of carbonyl (C=O) groups is 1. The molecule has 1 amide bonds. The molecule has 3 heterocycles. The quantitative estimate of drug-likeness (QED) is 0.599. The first-order chi connectivity index (χ1) is 13.3. The van der Waals surface area contributed by atoms with Crippen LogP contribution in [0.4, 0.5) is 5.69 Å². The van der Waals surface area contributed by atoms with Crippen molar-refractivity contribution in [1.29, 1.82) is 0 Å². The lowest BCUT2D eigenvalue weighted by Crippen LogP contribution is -2.36. The molecule has 2 aromatic heterocycles. The number of nitrogens with zero attached hydrogens (tertiary/aromatic N) is 4. The molecule has 0 bridgehead atoms. The normalized spacial score (nSPS) is 16.4. The molecule has 1 aromatic carbocycles. The van der Waals surface area contributed by atoms with Crippen LogP contribution in [0.25, 0.3) is 10.7 Å². The van der Waals surface area contributed by atoms with Gasteiger partial charge >= 0.3 is 0 Å². The predicted octanol–water partition coefficient (Wildman–Crippen LogP) is 4.41. The topological polar surface area (TPSA) is 51.0 Å². The molecular weight excluding hydrogens is 376 g/mol. The Balaban J connectivity index is 1.35. The molecule has 138 valence electrons. The molecule has 3 aromatic rings. The van der Waals surface area contributed by atoms with Gasteiger partial charge in [0, 0.05) is 18.3 Å². The van der Waals surface area contributed by atoms with Crippen molar-refractivity contribution >= 4 is 34.7 Å². The molecular formula is C20H20N4OS2. The molecule has 0 atom stereocenters. The maximum absolute atomic E-state index is 12.9. The van der Waals surface area contributed by atoms with Crippen LogP contribution in [0.2, 0.25) is 0 Å². The maximum atomic E-state index is 12.9. The van der Waals surface area contributed by atoms with Crippen LogP contribution in [0.1, 0.15) is 30.9 Å². The van der Waals surface area contributed by atoms with Crippen molar-refractivity contribution in [3.05, 3.63) is 47.3 Å². The second kappa shape index (κ2) is 7.13. The third-order valence-corrected chi connectivity index (χ3v) is 6.85. The van der Waals surface area contributed by atoms with E-state index in [-0.39, 0.29) is 5.91 Å². The largest absolute Gasteiger partial charge is 0.311 e. The van der Waals surface area contributed by atoms with E-state index in [0.29, 0.717) is 11.8 Å². The Bertz CT molecular complexity index is 962. The Morgan fingerprint density at radius 3 is 2.89 bits per heavy atom. The van der Waals surface area contributed by atoms with Gasteiger partial charge in [0.2, 0.25) is 5.91 Å². The lowest BCUT2D eigenvalue weighted by molar-refractivity contribution is -0.116. The number of aromatic nitrogens is 3. The van der Waals surface area contributed by atoms with E-state index in [2.05, 4.69) is 38.3 Å². The van der Waals surface area contributed by atoms with Crippen LogP contribution >= 0.6 is 23.1 Å². The van der Waals surface area contributed by atoms with Crippen molar-refractivity contribution in [1.82, 2.24) is 14.8 Å². The van der Waals surface area contributed by atoms with Crippen LogP contribution < -0.4 is 4.90 Å². The molecule has 0 N–H and O–H groups in total. The van der Waals surface area contributed by atoms with Crippen LogP contribution in [0.3, 0.4) is 0 Å². The maximum Gasteiger partial charge on any atom is 0.237 e. The van der Waals surface area contributed by atoms with Gasteiger partial charge in [0.15, 0.2) is 11.0 Å². The molecule has 0 unspecified atom stereocenters. The fourth-order valence-corrected chi connectivity index (χ4v) is 5.20. The summed E-state index contributed by atoms with van der Waals surface area (Å²) in [7, 11) is 0. The Kier molecular flexibility index (Phi) is 4.49. The van der Waals surface area contributed by atoms with Crippen LogP contribution in [-0.4, -0.2) is 33.0 Å². The van der Waals surface area contributed by atoms with Gasteiger partial charge in [0.05, 0.1) is 10.6 Å². The summed E-state index contributed by atoms with van der Waals surface area (Å²) in [6.45, 7) is 0.798. The summed E-state index contributed by atoms with van der Waals surface area (Å²) in [5.41, 5.74) is 2.33. The highest BCUT2D eigenvalue weighted by Crippen LogP contribution is 2.41. The van der Waals surface area contributed by atoms with Crippen molar-refractivity contribution in [2.75, 3.05) is 17.2 Å². The van der Waals surface area contributed by atoms with Crippen LogP contribution in [0, 0.1) is 0 Å². The number of hydrogen-bond acceptors (Lipinski definition) is 5. The highest BCUT2D eigenvalue weighted by molar-refractivity contribution is 7.99. The molecule has 7 heteroatoms. The van der Waals surface area contributed by atoms with E-state index >= 15 is 0 Å². The minimum atomic E-state index is 0.148. The zero-order chi connectivity index (χ0) is 18.2. The van der Waals surface area contributed by atoms with E-state index in [0.717, 1.165) is 53.8 Å². The van der Waals surface area contributed by atoms with E-state index in [1.165, 1.54) is 17.3 Å². The molecule has 1 aliphatic heterocycles. The molecule has 1 fully saturated rings. The second-order valence-corrected chi connectivity index (χ2v) is 8.84. The summed E-state index contributed by atoms with van der Waals surface area (Å²) in [6, 6.07) is 12.8. The van der Waals surface area contributed by atoms with Gasteiger partial charge in [-0.1, -0.05) is 36.0 Å². The zero-order valence-electron chi connectivity index (χ0n) is 14.9. The van der Waals surface area contributed by atoms with Crippen molar-refractivity contribution in [2.45, 2.75) is 36.9 Å². The fourth-order valence-electron chi connectivity index (χ4n) is 3.61. The summed E-state index contributed by atoms with van der Waals surface area (Å²) in [6.07, 6.45) is 4.40. The molecule has 0 saturated heterocycles. The van der Waals surface area contributed by atoms with Gasteiger partial charge in [-0.15, -0.1) is 21.5 Å². The second-order valence-electron chi connectivity index (χ2n) is 6.95. The predicted molar refractivity (Wildman–Crippen MR) is 109 cm³/mol. The summed E-state index contributed by atoms with van der Waals surface area (Å²) in [5, 5.41) is 11.8. The Hall–Kier alpha value is -2.12. The first-order valence-corrected chi connectivity index (χ1v) is 11.2. The number of benzene rings is 1. The van der Waals surface area contributed by atoms with Crippen molar-refractivity contribution in [2.24, 2.45) is 0 Å². The van der Waals surface area contributed by atoms with E-state index < -0.39 is 0 Å². The van der Waals surface area contributed by atoms with E-state index in [9.17, 15) is 4.79 Å². The monoisotopic (exact) mass is 396 g/mol. The van der Waals surface area contributed by atoms with Gasteiger partial charge < -0.3 is 4.90 Å². The van der Waals surface area contributed by atoms with E-state index in [1.54, 1.807) is 11.3 Å². The van der Waals surface area contributed by atoms with Crippen molar-refractivity contribution in [3.63, 3.8) is 0 Å². The number of hydrogen-bond donors (Lipinski definition) is 0. The summed E-state index contributed by atoms with van der Waals surface area (Å²) >= 11 is 3.19. The Morgan fingerprint density at radius 2 is 2.07 bits per heavy atom. The molecule has 1 aliphatic carbocycles. The average Bonchev–Trinajstić information content (AvgIpc) is 3.23. The smallest absolute Gasteiger partial charge is 0.237 e. The molecule has 27 heavy (non-hydrogen) atoms. The molecule has 5 nitrogen and oxygen atoms in total. The Morgan fingerprint density at radius 1 is 1.19 bits per heavy atom. The molecule has 2 aliphatic rings. The molecule has 5 rings (SSSR count). The fraction of sp³-hybridized carbons (Fsp3) is 0.350. The standard InChI is InChI=1S/C20H20N4OS2/c25-18(23-11-3-6-14-5-1-2-7-16(14)23)13-27-20-22-21-19(17-8-4-12-26-17)24(20)15-9-10-15/h1-2,4-5,7-8,12,15H,3,6,9-11,13H2. The number of thioether (sulfide) groups is 1. The molecule has 0 spiro atoms. The number of amides is 1. The number of fused-ring (bicyclic) bond motifs is 1. The Labute approximate surface area is 166 Å². The van der Waals surface area contributed by atoms with Crippen LogP contribution in [0.5, 0.6) is 0 Å². The number of anilines is 1. The number of thiophene rings is 1. The minimum Gasteiger partial charge on any atom is -0.311 e. The van der Waals surface area contributed by atoms with Gasteiger partial charge in [-0.25, -0.2) is 0 Å². The number of carbonyl (C=O) groups excluding carboxylic acids is 1. The lowest BCUT2D eigenvalue weighted by Gasteiger charge is -2.29. The van der Waals surface area contributed by atoms with Gasteiger partial charge in [-0.3, -0.25) is 9.36 Å². The van der Waals surface area contributed by atoms with Crippen molar-refractivity contribution < 1.29 is 4.79 Å². The highest BCUT2D eigenvalue weighted by atomic mass is 32.2. The van der Waals surface area contributed by atoms with Gasteiger partial charge in [0.25, 0.3) is 0 Å². The number of aryl methyl sites for hydroxylation is 1. The lowest BCUT2D eigenvalue weighted by atomic mass is 10.0. The first kappa shape index (κ1) is 17.0. The molecule has 1 saturated carbocycles. The third kappa shape index (κ3) is 3.30. The minimum absolute atomic E-state index is 0.148. The van der Waals surface area contributed by atoms with E-state index in [4.69, 9.17) is 0 Å². The van der Waals surface area contributed by atoms with Gasteiger partial charge in [-0.05, 0) is 48.8 Å². The zero-order valence-corrected chi connectivity index (χ0v) is 16.5. The number of para-hydroxylation sites is 1. The summed E-state index contributed by atoms with van der Waals surface area (Å²) < 4.78 is 2.23. The van der Waals surface area contributed by atoms with E-state index in [1.807, 2.05) is 23.1 Å². The number of rotatable bonds is 5. The SMILES string of the molecule is O=C(CSc1nnc(-c2cccs2)n1C1CC1)N1CCCc2ccccc21. The molecule has 0 radical (unpaired) electrons. The van der Waals surface area contributed by atoms with Crippen LogP contribution in [0.15, 0.2) is 46.9 Å². The van der Waals surface area contributed by atoms with Gasteiger partial charge in [0.1, 0.15) is 0 Å².